The average molecular weight is 482 g/mol. The van der Waals surface area contributed by atoms with Gasteiger partial charge in [-0.05, 0) is 37.8 Å². The summed E-state index contributed by atoms with van der Waals surface area (Å²) in [7, 11) is -3.79. The van der Waals surface area contributed by atoms with Crippen LogP contribution in [-0.4, -0.2) is 50.0 Å². The Labute approximate surface area is 201 Å². The molecular formula is C26H31N3O4S. The molecule has 8 heteroatoms. The highest BCUT2D eigenvalue weighted by Gasteiger charge is 2.30. The standard InChI is InChI=1S/C26H31N3O4S/c1-19(2)27-26(31)20(3)28(17-21-11-6-5-7-12-21)25(30)18-29(34(4,32)33)24-16-10-14-22-13-8-9-15-23(22)24/h5-16,19-20H,17-18H2,1-4H3,(H,27,31). The van der Waals surface area contributed by atoms with Gasteiger partial charge in [-0.1, -0.05) is 66.7 Å². The summed E-state index contributed by atoms with van der Waals surface area (Å²) in [5.74, 6) is -0.760. The van der Waals surface area contributed by atoms with E-state index in [2.05, 4.69) is 5.32 Å². The second-order valence-corrected chi connectivity index (χ2v) is 10.5. The minimum atomic E-state index is -3.79. The van der Waals surface area contributed by atoms with Gasteiger partial charge in [-0.25, -0.2) is 8.42 Å². The third kappa shape index (κ3) is 6.14. The van der Waals surface area contributed by atoms with E-state index < -0.39 is 28.5 Å². The predicted molar refractivity (Wildman–Crippen MR) is 136 cm³/mol. The zero-order chi connectivity index (χ0) is 24.9. The lowest BCUT2D eigenvalue weighted by Crippen LogP contribution is -2.52. The lowest BCUT2D eigenvalue weighted by molar-refractivity contribution is -0.139. The normalized spacial score (nSPS) is 12.4. The summed E-state index contributed by atoms with van der Waals surface area (Å²) in [4.78, 5) is 27.8. The van der Waals surface area contributed by atoms with Gasteiger partial charge in [0.25, 0.3) is 0 Å². The number of rotatable bonds is 9. The molecule has 0 heterocycles. The summed E-state index contributed by atoms with van der Waals surface area (Å²) >= 11 is 0. The van der Waals surface area contributed by atoms with Crippen molar-refractivity contribution in [3.63, 3.8) is 0 Å². The van der Waals surface area contributed by atoms with Crippen LogP contribution in [0.1, 0.15) is 26.3 Å². The van der Waals surface area contributed by atoms with Crippen LogP contribution in [0.3, 0.4) is 0 Å². The van der Waals surface area contributed by atoms with Crippen LogP contribution >= 0.6 is 0 Å². The van der Waals surface area contributed by atoms with Crippen LogP contribution in [0, 0.1) is 0 Å². The van der Waals surface area contributed by atoms with Gasteiger partial charge in [0.15, 0.2) is 0 Å². The number of carbonyl (C=O) groups excluding carboxylic acids is 2. The highest BCUT2D eigenvalue weighted by Crippen LogP contribution is 2.28. The maximum Gasteiger partial charge on any atom is 0.244 e. The Bertz CT molecular complexity index is 1250. The number of benzene rings is 3. The number of carbonyl (C=O) groups is 2. The molecule has 0 aromatic heterocycles. The van der Waals surface area contributed by atoms with Gasteiger partial charge < -0.3 is 10.2 Å². The molecule has 3 aromatic rings. The minimum Gasteiger partial charge on any atom is -0.352 e. The van der Waals surface area contributed by atoms with Gasteiger partial charge in [0.2, 0.25) is 21.8 Å². The number of fused-ring (bicyclic) bond motifs is 1. The maximum absolute atomic E-state index is 13.6. The largest absolute Gasteiger partial charge is 0.352 e. The van der Waals surface area contributed by atoms with E-state index in [4.69, 9.17) is 0 Å². The summed E-state index contributed by atoms with van der Waals surface area (Å²) in [5, 5.41) is 4.43. The van der Waals surface area contributed by atoms with Crippen LogP contribution in [0.15, 0.2) is 72.8 Å². The molecule has 3 rings (SSSR count). The Balaban J connectivity index is 1.98. The van der Waals surface area contributed by atoms with E-state index in [9.17, 15) is 18.0 Å². The van der Waals surface area contributed by atoms with E-state index in [0.717, 1.165) is 26.9 Å². The van der Waals surface area contributed by atoms with Crippen molar-refractivity contribution >= 4 is 38.3 Å². The van der Waals surface area contributed by atoms with Gasteiger partial charge in [-0.3, -0.25) is 13.9 Å². The topological polar surface area (TPSA) is 86.8 Å². The lowest BCUT2D eigenvalue weighted by Gasteiger charge is -2.32. The molecule has 180 valence electrons. The fourth-order valence-corrected chi connectivity index (χ4v) is 4.65. The Morgan fingerprint density at radius 1 is 0.882 bits per heavy atom. The molecule has 0 saturated carbocycles. The van der Waals surface area contributed by atoms with Crippen LogP contribution in [0.4, 0.5) is 5.69 Å². The molecule has 0 aliphatic carbocycles. The highest BCUT2D eigenvalue weighted by atomic mass is 32.2. The van der Waals surface area contributed by atoms with Crippen molar-refractivity contribution in [2.24, 2.45) is 0 Å². The number of hydrogen-bond donors (Lipinski definition) is 1. The van der Waals surface area contributed by atoms with E-state index in [0.29, 0.717) is 5.69 Å². The van der Waals surface area contributed by atoms with E-state index >= 15 is 0 Å². The van der Waals surface area contributed by atoms with Crippen molar-refractivity contribution < 1.29 is 18.0 Å². The molecule has 0 bridgehead atoms. The average Bonchev–Trinajstić information content (AvgIpc) is 2.79. The molecule has 0 aliphatic heterocycles. The first-order valence-electron chi connectivity index (χ1n) is 11.2. The number of anilines is 1. The first-order valence-corrected chi connectivity index (χ1v) is 13.0. The maximum atomic E-state index is 13.6. The molecule has 1 N–H and O–H groups in total. The molecule has 0 aliphatic rings. The molecular weight excluding hydrogens is 450 g/mol. The van der Waals surface area contributed by atoms with Gasteiger partial charge in [0.1, 0.15) is 12.6 Å². The molecule has 2 amide bonds. The van der Waals surface area contributed by atoms with E-state index in [1.807, 2.05) is 74.5 Å². The summed E-state index contributed by atoms with van der Waals surface area (Å²) < 4.78 is 26.7. The van der Waals surface area contributed by atoms with Gasteiger partial charge in [0, 0.05) is 18.0 Å². The van der Waals surface area contributed by atoms with Crippen LogP contribution in [-0.2, 0) is 26.2 Å². The molecule has 34 heavy (non-hydrogen) atoms. The third-order valence-corrected chi connectivity index (χ3v) is 6.63. The monoisotopic (exact) mass is 481 g/mol. The van der Waals surface area contributed by atoms with Crippen LogP contribution in [0.5, 0.6) is 0 Å². The predicted octanol–water partition coefficient (Wildman–Crippen LogP) is 3.55. The number of nitrogens with one attached hydrogen (secondary N) is 1. The van der Waals surface area contributed by atoms with Crippen molar-refractivity contribution in [1.29, 1.82) is 0 Å². The highest BCUT2D eigenvalue weighted by molar-refractivity contribution is 7.92. The molecule has 3 aromatic carbocycles. The summed E-state index contributed by atoms with van der Waals surface area (Å²) in [6.45, 7) is 5.11. The zero-order valence-corrected chi connectivity index (χ0v) is 20.7. The van der Waals surface area contributed by atoms with Crippen molar-refractivity contribution in [3.8, 4) is 0 Å². The van der Waals surface area contributed by atoms with Gasteiger partial charge in [-0.2, -0.15) is 0 Å². The Hall–Kier alpha value is -3.39. The van der Waals surface area contributed by atoms with Crippen molar-refractivity contribution in [3.05, 3.63) is 78.4 Å². The number of nitrogens with zero attached hydrogens (tertiary/aromatic N) is 2. The Morgan fingerprint density at radius 3 is 2.15 bits per heavy atom. The summed E-state index contributed by atoms with van der Waals surface area (Å²) in [6, 6.07) is 21.2. The second kappa shape index (κ2) is 10.7. The van der Waals surface area contributed by atoms with Gasteiger partial charge >= 0.3 is 0 Å². The minimum absolute atomic E-state index is 0.0909. The fourth-order valence-electron chi connectivity index (χ4n) is 3.79. The zero-order valence-electron chi connectivity index (χ0n) is 19.9. The molecule has 7 nitrogen and oxygen atoms in total. The lowest BCUT2D eigenvalue weighted by atomic mass is 10.1. The first kappa shape index (κ1) is 25.2. The number of amides is 2. The molecule has 1 atom stereocenters. The SMILES string of the molecule is CC(C)NC(=O)C(C)N(Cc1ccccc1)C(=O)CN(c1cccc2ccccc12)S(C)(=O)=O. The Kier molecular flexibility index (Phi) is 7.94. The van der Waals surface area contributed by atoms with E-state index in [1.54, 1.807) is 19.1 Å². The van der Waals surface area contributed by atoms with Crippen LogP contribution in [0.2, 0.25) is 0 Å². The molecule has 0 saturated heterocycles. The molecule has 1 unspecified atom stereocenters. The van der Waals surface area contributed by atoms with Crippen LogP contribution < -0.4 is 9.62 Å². The van der Waals surface area contributed by atoms with Gasteiger partial charge in [-0.15, -0.1) is 0 Å². The fraction of sp³-hybridized carbons (Fsp3) is 0.308. The third-order valence-electron chi connectivity index (χ3n) is 5.51. The van der Waals surface area contributed by atoms with E-state index in [1.165, 1.54) is 4.90 Å². The summed E-state index contributed by atoms with van der Waals surface area (Å²) in [5.41, 5.74) is 1.27. The number of hydrogen-bond acceptors (Lipinski definition) is 4. The van der Waals surface area contributed by atoms with Crippen LogP contribution in [0.25, 0.3) is 10.8 Å². The van der Waals surface area contributed by atoms with Crippen molar-refractivity contribution in [1.82, 2.24) is 10.2 Å². The van der Waals surface area contributed by atoms with E-state index in [-0.39, 0.29) is 18.5 Å². The quantitative estimate of drug-likeness (QED) is 0.506. The van der Waals surface area contributed by atoms with Crippen molar-refractivity contribution in [2.75, 3.05) is 17.1 Å². The molecule has 0 radical (unpaired) electrons. The second-order valence-electron chi connectivity index (χ2n) is 8.61. The molecule has 0 spiro atoms. The number of sulfonamides is 1. The first-order chi connectivity index (χ1) is 16.1. The summed E-state index contributed by atoms with van der Waals surface area (Å²) in [6.07, 6.45) is 1.08. The van der Waals surface area contributed by atoms with Crippen molar-refractivity contribution in [2.45, 2.75) is 39.4 Å². The molecule has 0 fully saturated rings. The smallest absolute Gasteiger partial charge is 0.244 e. The Morgan fingerprint density at radius 2 is 1.50 bits per heavy atom. The van der Waals surface area contributed by atoms with Gasteiger partial charge in [0.05, 0.1) is 11.9 Å².